The lowest BCUT2D eigenvalue weighted by atomic mass is 9.71. The molecule has 0 aromatic carbocycles. The Labute approximate surface area is 96.9 Å². The summed E-state index contributed by atoms with van der Waals surface area (Å²) in [6, 6.07) is 0. The Hall–Kier alpha value is -1.12. The van der Waals surface area contributed by atoms with Gasteiger partial charge in [-0.05, 0) is 19.3 Å². The highest BCUT2D eigenvalue weighted by Gasteiger charge is 2.44. The Balaban J connectivity index is 2.70. The number of ether oxygens (including phenoxy) is 1. The number of Topliss-reactive ketones (excluding diaryl/α,β-unsaturated/α-hetero) is 1. The first-order valence-electron chi connectivity index (χ1n) is 5.69. The topological polar surface area (TPSA) is 43.4 Å². The lowest BCUT2D eigenvalue weighted by Crippen LogP contribution is -2.27. The first kappa shape index (κ1) is 12.9. The number of allylic oxidation sites excluding steroid dienone is 1. The fourth-order valence-electron chi connectivity index (χ4n) is 2.63. The molecule has 0 radical (unpaired) electrons. The molecule has 1 fully saturated rings. The second kappa shape index (κ2) is 4.81. The summed E-state index contributed by atoms with van der Waals surface area (Å²) in [6.45, 7) is 9.81. The molecular weight excluding hydrogens is 204 g/mol. The van der Waals surface area contributed by atoms with Crippen molar-refractivity contribution in [2.75, 3.05) is 6.61 Å². The smallest absolute Gasteiger partial charge is 0.302 e. The Bertz CT molecular complexity index is 319. The minimum atomic E-state index is -0.270. The van der Waals surface area contributed by atoms with Crippen LogP contribution in [0.5, 0.6) is 0 Å². The predicted molar refractivity (Wildman–Crippen MR) is 61.9 cm³/mol. The van der Waals surface area contributed by atoms with Crippen molar-refractivity contribution in [3.05, 3.63) is 12.2 Å². The summed E-state index contributed by atoms with van der Waals surface area (Å²) in [6.07, 6.45) is 1.87. The summed E-state index contributed by atoms with van der Waals surface area (Å²) in [5.74, 6) is 0.320. The molecule has 1 saturated carbocycles. The van der Waals surface area contributed by atoms with Gasteiger partial charge in [-0.25, -0.2) is 0 Å². The van der Waals surface area contributed by atoms with Crippen molar-refractivity contribution < 1.29 is 14.3 Å². The quantitative estimate of drug-likeness (QED) is 0.544. The molecule has 0 aromatic heterocycles. The van der Waals surface area contributed by atoms with Crippen molar-refractivity contribution in [2.45, 2.75) is 40.0 Å². The summed E-state index contributed by atoms with van der Waals surface area (Å²) in [5, 5.41) is 0. The maximum atomic E-state index is 11.5. The summed E-state index contributed by atoms with van der Waals surface area (Å²) in [4.78, 5) is 22.2. The van der Waals surface area contributed by atoms with Crippen molar-refractivity contribution in [2.24, 2.45) is 11.3 Å². The first-order valence-corrected chi connectivity index (χ1v) is 5.69. The largest absolute Gasteiger partial charge is 0.466 e. The molecule has 0 aliphatic heterocycles. The minimum absolute atomic E-state index is 0.160. The van der Waals surface area contributed by atoms with Crippen LogP contribution in [0.4, 0.5) is 0 Å². The highest BCUT2D eigenvalue weighted by molar-refractivity contribution is 5.82. The summed E-state index contributed by atoms with van der Waals surface area (Å²) in [7, 11) is 0. The van der Waals surface area contributed by atoms with Crippen LogP contribution >= 0.6 is 0 Å². The lowest BCUT2D eigenvalue weighted by molar-refractivity contribution is -0.141. The molecule has 90 valence electrons. The zero-order chi connectivity index (χ0) is 12.3. The van der Waals surface area contributed by atoms with E-state index in [0.29, 0.717) is 37.6 Å². The number of hydrogen-bond donors (Lipinski definition) is 0. The average Bonchev–Trinajstić information content (AvgIpc) is 2.41. The fraction of sp³-hybridized carbons (Fsp3) is 0.692. The van der Waals surface area contributed by atoms with Gasteiger partial charge in [0.05, 0.1) is 6.61 Å². The predicted octanol–water partition coefficient (Wildman–Crippen LogP) is 2.50. The number of hydrogen-bond acceptors (Lipinski definition) is 3. The summed E-state index contributed by atoms with van der Waals surface area (Å²) in [5.41, 5.74) is 0.866. The maximum Gasteiger partial charge on any atom is 0.302 e. The Kier molecular flexibility index (Phi) is 3.89. The van der Waals surface area contributed by atoms with E-state index in [9.17, 15) is 9.59 Å². The molecule has 0 aromatic rings. The van der Waals surface area contributed by atoms with Gasteiger partial charge in [0.1, 0.15) is 5.78 Å². The van der Waals surface area contributed by atoms with Crippen LogP contribution in [0.1, 0.15) is 40.0 Å². The minimum Gasteiger partial charge on any atom is -0.466 e. The van der Waals surface area contributed by atoms with Gasteiger partial charge < -0.3 is 4.74 Å². The van der Waals surface area contributed by atoms with Gasteiger partial charge in [-0.3, -0.25) is 9.59 Å². The summed E-state index contributed by atoms with van der Waals surface area (Å²) < 4.78 is 4.97. The normalized spacial score (nSPS) is 29.2. The van der Waals surface area contributed by atoms with E-state index in [4.69, 9.17) is 4.74 Å². The standard InChI is InChI=1S/C13H20O3/c1-9(2)13(5-6-16-11(4)14)8-12(15)7-10(13)3/h10H,1,5-8H2,2-4H3/t10-,13-/m0/s1. The van der Waals surface area contributed by atoms with Gasteiger partial charge in [0, 0.05) is 25.2 Å². The molecule has 0 spiro atoms. The van der Waals surface area contributed by atoms with Crippen LogP contribution in [0, 0.1) is 11.3 Å². The number of carbonyl (C=O) groups is 2. The van der Waals surface area contributed by atoms with Crippen molar-refractivity contribution in [1.82, 2.24) is 0 Å². The number of ketones is 1. The van der Waals surface area contributed by atoms with E-state index in [1.54, 1.807) is 0 Å². The average molecular weight is 224 g/mol. The number of rotatable bonds is 4. The van der Waals surface area contributed by atoms with Crippen LogP contribution in [0.2, 0.25) is 0 Å². The van der Waals surface area contributed by atoms with Crippen molar-refractivity contribution in [3.63, 3.8) is 0 Å². The third-order valence-electron chi connectivity index (χ3n) is 3.69. The molecule has 0 unspecified atom stereocenters. The van der Waals surface area contributed by atoms with Crippen LogP contribution in [-0.4, -0.2) is 18.4 Å². The first-order chi connectivity index (χ1) is 7.38. The van der Waals surface area contributed by atoms with Crippen molar-refractivity contribution in [3.8, 4) is 0 Å². The van der Waals surface area contributed by atoms with Gasteiger partial charge in [-0.15, -0.1) is 0 Å². The molecule has 3 nitrogen and oxygen atoms in total. The third-order valence-corrected chi connectivity index (χ3v) is 3.69. The third kappa shape index (κ3) is 2.52. The monoisotopic (exact) mass is 224 g/mol. The fourth-order valence-corrected chi connectivity index (χ4v) is 2.63. The second-order valence-electron chi connectivity index (χ2n) is 4.85. The van der Waals surface area contributed by atoms with Crippen LogP contribution in [0.3, 0.4) is 0 Å². The van der Waals surface area contributed by atoms with E-state index in [1.807, 2.05) is 6.92 Å². The molecule has 0 heterocycles. The SMILES string of the molecule is C=C(C)[C@]1(CCOC(C)=O)CC(=O)C[C@@H]1C. The highest BCUT2D eigenvalue weighted by Crippen LogP contribution is 2.48. The molecule has 16 heavy (non-hydrogen) atoms. The number of esters is 1. The van der Waals surface area contributed by atoms with Crippen LogP contribution in [0.25, 0.3) is 0 Å². The van der Waals surface area contributed by atoms with Gasteiger partial charge in [0.15, 0.2) is 0 Å². The van der Waals surface area contributed by atoms with Gasteiger partial charge >= 0.3 is 5.97 Å². The molecule has 2 atom stereocenters. The second-order valence-corrected chi connectivity index (χ2v) is 4.85. The van der Waals surface area contributed by atoms with E-state index in [1.165, 1.54) is 6.92 Å². The molecule has 0 bridgehead atoms. The van der Waals surface area contributed by atoms with E-state index in [0.717, 1.165) is 5.57 Å². The Morgan fingerprint density at radius 3 is 2.56 bits per heavy atom. The molecule has 0 saturated heterocycles. The van der Waals surface area contributed by atoms with Gasteiger partial charge in [-0.1, -0.05) is 19.1 Å². The van der Waals surface area contributed by atoms with Gasteiger partial charge in [0.2, 0.25) is 0 Å². The van der Waals surface area contributed by atoms with Crippen molar-refractivity contribution in [1.29, 1.82) is 0 Å². The van der Waals surface area contributed by atoms with Crippen LogP contribution in [0.15, 0.2) is 12.2 Å². The molecule has 1 aliphatic rings. The van der Waals surface area contributed by atoms with Gasteiger partial charge in [-0.2, -0.15) is 0 Å². The molecular formula is C13H20O3. The van der Waals surface area contributed by atoms with E-state index in [2.05, 4.69) is 13.5 Å². The molecule has 1 rings (SSSR count). The van der Waals surface area contributed by atoms with E-state index >= 15 is 0 Å². The summed E-state index contributed by atoms with van der Waals surface area (Å²) >= 11 is 0. The molecule has 1 aliphatic carbocycles. The van der Waals surface area contributed by atoms with Crippen LogP contribution < -0.4 is 0 Å². The molecule has 3 heteroatoms. The Morgan fingerprint density at radius 2 is 2.19 bits per heavy atom. The Morgan fingerprint density at radius 1 is 1.56 bits per heavy atom. The van der Waals surface area contributed by atoms with Crippen LogP contribution in [-0.2, 0) is 14.3 Å². The molecule has 0 amide bonds. The van der Waals surface area contributed by atoms with Gasteiger partial charge in [0.25, 0.3) is 0 Å². The zero-order valence-corrected chi connectivity index (χ0v) is 10.3. The molecule has 0 N–H and O–H groups in total. The van der Waals surface area contributed by atoms with Crippen molar-refractivity contribution >= 4 is 11.8 Å². The zero-order valence-electron chi connectivity index (χ0n) is 10.3. The lowest BCUT2D eigenvalue weighted by Gasteiger charge is -2.33. The van der Waals surface area contributed by atoms with E-state index in [-0.39, 0.29) is 11.4 Å². The van der Waals surface area contributed by atoms with E-state index < -0.39 is 0 Å². The highest BCUT2D eigenvalue weighted by atomic mass is 16.5. The maximum absolute atomic E-state index is 11.5. The number of carbonyl (C=O) groups excluding carboxylic acids is 2.